The predicted octanol–water partition coefficient (Wildman–Crippen LogP) is 0.594. The molecule has 1 aliphatic heterocycles. The Bertz CT molecular complexity index is 92.9. The number of rotatable bonds is 0. The van der Waals surface area contributed by atoms with Crippen LogP contribution in [0.1, 0.15) is 0 Å². The lowest BCUT2D eigenvalue weighted by Crippen LogP contribution is -2.24. The first-order valence-corrected chi connectivity index (χ1v) is 3.20. The highest BCUT2D eigenvalue weighted by Gasteiger charge is 2.09. The number of thioether (sulfide) groups is 1. The van der Waals surface area contributed by atoms with E-state index in [0.29, 0.717) is 0 Å². The van der Waals surface area contributed by atoms with E-state index in [4.69, 9.17) is 5.73 Å². The molecule has 1 heterocycles. The summed E-state index contributed by atoms with van der Waals surface area (Å²) >= 11 is 5.54. The number of nitrogens with two attached hydrogens (primary N) is 1. The largest absolute Gasteiger partial charge is 0.302 e. The number of thiol groups is 1. The maximum atomic E-state index is 5.43. The molecular formula is C3H6N2S2. The SMILES string of the molecule is NC1SC=CN1S. The van der Waals surface area contributed by atoms with E-state index in [1.54, 1.807) is 16.1 Å². The van der Waals surface area contributed by atoms with Crippen molar-refractivity contribution in [3.05, 3.63) is 11.6 Å². The molecular weight excluding hydrogens is 128 g/mol. The molecule has 0 bridgehead atoms. The third kappa shape index (κ3) is 1.05. The molecule has 0 aliphatic carbocycles. The molecule has 1 rings (SSSR count). The summed E-state index contributed by atoms with van der Waals surface area (Å²) in [6.07, 6.45) is 1.83. The van der Waals surface area contributed by atoms with E-state index in [9.17, 15) is 0 Å². The van der Waals surface area contributed by atoms with Gasteiger partial charge in [-0.3, -0.25) is 4.31 Å². The van der Waals surface area contributed by atoms with Gasteiger partial charge in [0.05, 0.1) is 0 Å². The van der Waals surface area contributed by atoms with Gasteiger partial charge < -0.3 is 5.73 Å². The van der Waals surface area contributed by atoms with E-state index in [1.807, 2.05) is 11.6 Å². The minimum Gasteiger partial charge on any atom is -0.302 e. The molecule has 0 aromatic rings. The fourth-order valence-electron chi connectivity index (χ4n) is 0.325. The summed E-state index contributed by atoms with van der Waals surface area (Å²) < 4.78 is 1.66. The van der Waals surface area contributed by atoms with Crippen LogP contribution in [0.15, 0.2) is 11.6 Å². The average molecular weight is 134 g/mol. The molecule has 7 heavy (non-hydrogen) atoms. The zero-order valence-electron chi connectivity index (χ0n) is 3.61. The molecule has 40 valence electrons. The van der Waals surface area contributed by atoms with Crippen molar-refractivity contribution in [3.63, 3.8) is 0 Å². The summed E-state index contributed by atoms with van der Waals surface area (Å²) in [7, 11) is 0. The average Bonchev–Trinajstić information content (AvgIpc) is 1.91. The molecule has 1 unspecified atom stereocenters. The molecule has 0 spiro atoms. The Morgan fingerprint density at radius 1 is 1.86 bits per heavy atom. The summed E-state index contributed by atoms with van der Waals surface area (Å²) in [5.74, 6) is 0. The first kappa shape index (κ1) is 5.34. The van der Waals surface area contributed by atoms with Crippen molar-refractivity contribution in [3.8, 4) is 0 Å². The zero-order chi connectivity index (χ0) is 5.28. The summed E-state index contributed by atoms with van der Waals surface area (Å²) in [5.41, 5.74) is 5.45. The molecule has 4 heteroatoms. The van der Waals surface area contributed by atoms with Crippen LogP contribution in [0.2, 0.25) is 0 Å². The monoisotopic (exact) mass is 134 g/mol. The van der Waals surface area contributed by atoms with E-state index < -0.39 is 0 Å². The summed E-state index contributed by atoms with van der Waals surface area (Å²) in [6.45, 7) is 0. The van der Waals surface area contributed by atoms with Gasteiger partial charge in [-0.25, -0.2) is 0 Å². The Labute approximate surface area is 52.3 Å². The second kappa shape index (κ2) is 1.98. The second-order valence-corrected chi connectivity index (χ2v) is 2.68. The molecule has 0 amide bonds. The van der Waals surface area contributed by atoms with Crippen LogP contribution in [0.4, 0.5) is 0 Å². The van der Waals surface area contributed by atoms with Gasteiger partial charge in [-0.1, -0.05) is 24.6 Å². The lowest BCUT2D eigenvalue weighted by molar-refractivity contribution is 0.614. The van der Waals surface area contributed by atoms with Gasteiger partial charge >= 0.3 is 0 Å². The Balaban J connectivity index is 2.45. The van der Waals surface area contributed by atoms with Crippen molar-refractivity contribution in [1.82, 2.24) is 4.31 Å². The quantitative estimate of drug-likeness (QED) is 0.475. The van der Waals surface area contributed by atoms with Crippen LogP contribution in [0, 0.1) is 0 Å². The number of hydrogen-bond donors (Lipinski definition) is 2. The van der Waals surface area contributed by atoms with Crippen molar-refractivity contribution >= 4 is 24.6 Å². The normalized spacial score (nSPS) is 29.4. The molecule has 0 aromatic carbocycles. The van der Waals surface area contributed by atoms with Crippen LogP contribution >= 0.6 is 24.6 Å². The Morgan fingerprint density at radius 2 is 2.57 bits per heavy atom. The molecule has 2 nitrogen and oxygen atoms in total. The minimum atomic E-state index is 0.0170. The lowest BCUT2D eigenvalue weighted by atomic mass is 10.9. The van der Waals surface area contributed by atoms with Gasteiger partial charge in [-0.15, -0.1) is 0 Å². The highest BCUT2D eigenvalue weighted by Crippen LogP contribution is 2.21. The molecule has 1 atom stereocenters. The third-order valence-corrected chi connectivity index (χ3v) is 2.02. The van der Waals surface area contributed by atoms with E-state index >= 15 is 0 Å². The van der Waals surface area contributed by atoms with E-state index in [0.717, 1.165) is 0 Å². The Hall–Kier alpha value is 0.200. The Morgan fingerprint density at radius 3 is 2.71 bits per heavy atom. The van der Waals surface area contributed by atoms with Crippen molar-refractivity contribution in [2.45, 2.75) is 5.50 Å². The summed E-state index contributed by atoms with van der Waals surface area (Å²) in [4.78, 5) is 0. The van der Waals surface area contributed by atoms with Crippen LogP contribution in [0.5, 0.6) is 0 Å². The molecule has 1 aliphatic rings. The Kier molecular flexibility index (Phi) is 1.51. The number of nitrogens with zero attached hydrogens (tertiary/aromatic N) is 1. The summed E-state index contributed by atoms with van der Waals surface area (Å²) in [6, 6.07) is 0. The zero-order valence-corrected chi connectivity index (χ0v) is 5.32. The van der Waals surface area contributed by atoms with Crippen LogP contribution < -0.4 is 5.73 Å². The topological polar surface area (TPSA) is 29.3 Å². The van der Waals surface area contributed by atoms with E-state index in [2.05, 4.69) is 12.8 Å². The van der Waals surface area contributed by atoms with Crippen LogP contribution in [0.25, 0.3) is 0 Å². The molecule has 0 saturated heterocycles. The molecule has 2 N–H and O–H groups in total. The molecule has 0 saturated carbocycles. The minimum absolute atomic E-state index is 0.0170. The fraction of sp³-hybridized carbons (Fsp3) is 0.333. The van der Waals surface area contributed by atoms with E-state index in [-0.39, 0.29) is 5.50 Å². The predicted molar refractivity (Wildman–Crippen MR) is 35.5 cm³/mol. The molecule has 0 fully saturated rings. The summed E-state index contributed by atoms with van der Waals surface area (Å²) in [5, 5.41) is 1.91. The molecule has 0 radical (unpaired) electrons. The smallest absolute Gasteiger partial charge is 0.139 e. The number of hydrogen-bond acceptors (Lipinski definition) is 4. The second-order valence-electron chi connectivity index (χ2n) is 1.19. The maximum absolute atomic E-state index is 5.43. The van der Waals surface area contributed by atoms with Crippen LogP contribution in [0.3, 0.4) is 0 Å². The third-order valence-electron chi connectivity index (χ3n) is 0.692. The highest BCUT2D eigenvalue weighted by molar-refractivity contribution is 8.03. The van der Waals surface area contributed by atoms with Crippen molar-refractivity contribution < 1.29 is 0 Å². The van der Waals surface area contributed by atoms with Gasteiger partial charge in [0.1, 0.15) is 5.50 Å². The highest BCUT2D eigenvalue weighted by atomic mass is 32.2. The van der Waals surface area contributed by atoms with Gasteiger partial charge in [-0.05, 0) is 5.41 Å². The van der Waals surface area contributed by atoms with Crippen molar-refractivity contribution in [2.24, 2.45) is 5.73 Å². The first-order chi connectivity index (χ1) is 3.30. The maximum Gasteiger partial charge on any atom is 0.139 e. The standard InChI is InChI=1S/C3H6N2S2/c4-3-5(6)1-2-7-3/h1-3,6H,4H2. The lowest BCUT2D eigenvalue weighted by Gasteiger charge is -2.10. The van der Waals surface area contributed by atoms with Gasteiger partial charge in [0.15, 0.2) is 0 Å². The van der Waals surface area contributed by atoms with Crippen molar-refractivity contribution in [2.75, 3.05) is 0 Å². The van der Waals surface area contributed by atoms with Gasteiger partial charge in [0.2, 0.25) is 0 Å². The first-order valence-electron chi connectivity index (χ1n) is 1.85. The van der Waals surface area contributed by atoms with Gasteiger partial charge in [0, 0.05) is 6.20 Å². The van der Waals surface area contributed by atoms with Crippen LogP contribution in [-0.2, 0) is 0 Å². The van der Waals surface area contributed by atoms with Gasteiger partial charge in [0.25, 0.3) is 0 Å². The van der Waals surface area contributed by atoms with Crippen LogP contribution in [-0.4, -0.2) is 9.80 Å². The van der Waals surface area contributed by atoms with Crippen molar-refractivity contribution in [1.29, 1.82) is 0 Å². The van der Waals surface area contributed by atoms with Gasteiger partial charge in [-0.2, -0.15) is 0 Å². The fourth-order valence-corrected chi connectivity index (χ4v) is 1.20. The van der Waals surface area contributed by atoms with E-state index in [1.165, 1.54) is 0 Å². The molecule has 0 aromatic heterocycles.